The molecular formula is C27H30N4O2. The third-order valence-electron chi connectivity index (χ3n) is 5.00. The summed E-state index contributed by atoms with van der Waals surface area (Å²) in [6.07, 6.45) is 5.34. The molecule has 3 aromatic rings. The van der Waals surface area contributed by atoms with E-state index in [0.717, 1.165) is 30.6 Å². The number of ether oxygens (including phenoxy) is 1. The Kier molecular flexibility index (Phi) is 9.45. The average molecular weight is 443 g/mol. The molecule has 0 saturated carbocycles. The first-order valence-corrected chi connectivity index (χ1v) is 11.5. The lowest BCUT2D eigenvalue weighted by Crippen LogP contribution is -2.05. The van der Waals surface area contributed by atoms with Crippen LogP contribution in [-0.2, 0) is 11.2 Å². The van der Waals surface area contributed by atoms with Crippen molar-refractivity contribution in [2.75, 3.05) is 6.61 Å². The second kappa shape index (κ2) is 13.0. The Balaban J connectivity index is 1.53. The van der Waals surface area contributed by atoms with E-state index in [4.69, 9.17) is 4.74 Å². The molecule has 0 N–H and O–H groups in total. The first-order valence-electron chi connectivity index (χ1n) is 11.5. The first-order chi connectivity index (χ1) is 16.2. The number of azo groups is 2. The molecule has 0 radical (unpaired) electrons. The highest BCUT2D eigenvalue weighted by atomic mass is 16.5. The standard InChI is InChI=1S/C27H30N4O2/c1-3-5-7-21-8-12-23(13-9-21)28-30-25-16-18-26(19-17-25)31-29-24-14-10-22(11-15-24)27(32)33-20-6-4-2/h8-19H,3-7,20H2,1-2H3. The third kappa shape index (κ3) is 8.07. The van der Waals surface area contributed by atoms with Crippen LogP contribution in [0, 0.1) is 0 Å². The smallest absolute Gasteiger partial charge is 0.338 e. The van der Waals surface area contributed by atoms with Gasteiger partial charge in [0.2, 0.25) is 0 Å². The highest BCUT2D eigenvalue weighted by molar-refractivity contribution is 5.89. The number of hydrogen-bond acceptors (Lipinski definition) is 6. The molecule has 0 aromatic heterocycles. The molecule has 0 fully saturated rings. The van der Waals surface area contributed by atoms with Crippen LogP contribution in [0.25, 0.3) is 0 Å². The maximum Gasteiger partial charge on any atom is 0.338 e. The van der Waals surface area contributed by atoms with Crippen molar-refractivity contribution >= 4 is 28.7 Å². The Morgan fingerprint density at radius 2 is 1.06 bits per heavy atom. The molecule has 0 amide bonds. The van der Waals surface area contributed by atoms with Gasteiger partial charge in [-0.3, -0.25) is 0 Å². The molecule has 3 rings (SSSR count). The Morgan fingerprint density at radius 1 is 0.636 bits per heavy atom. The highest BCUT2D eigenvalue weighted by Crippen LogP contribution is 2.24. The topological polar surface area (TPSA) is 75.7 Å². The number of hydrogen-bond donors (Lipinski definition) is 0. The van der Waals surface area contributed by atoms with Gasteiger partial charge >= 0.3 is 5.97 Å². The maximum absolute atomic E-state index is 11.9. The number of rotatable bonds is 11. The molecule has 0 aliphatic heterocycles. The molecule has 0 bridgehead atoms. The van der Waals surface area contributed by atoms with Gasteiger partial charge in [0.25, 0.3) is 0 Å². The van der Waals surface area contributed by atoms with Gasteiger partial charge in [-0.1, -0.05) is 38.8 Å². The number of benzene rings is 3. The van der Waals surface area contributed by atoms with Crippen molar-refractivity contribution in [2.24, 2.45) is 20.5 Å². The summed E-state index contributed by atoms with van der Waals surface area (Å²) in [7, 11) is 0. The Bertz CT molecular complexity index is 1060. The lowest BCUT2D eigenvalue weighted by atomic mass is 10.1. The number of carbonyl (C=O) groups excluding carboxylic acids is 1. The van der Waals surface area contributed by atoms with Crippen molar-refractivity contribution in [3.63, 3.8) is 0 Å². The number of carbonyl (C=O) groups is 1. The summed E-state index contributed by atoms with van der Waals surface area (Å²) in [6, 6.07) is 22.5. The minimum atomic E-state index is -0.316. The van der Waals surface area contributed by atoms with Crippen molar-refractivity contribution in [1.29, 1.82) is 0 Å². The molecule has 0 spiro atoms. The number of esters is 1. The minimum absolute atomic E-state index is 0.316. The zero-order valence-corrected chi connectivity index (χ0v) is 19.3. The highest BCUT2D eigenvalue weighted by Gasteiger charge is 2.06. The van der Waals surface area contributed by atoms with Crippen LogP contribution in [-0.4, -0.2) is 12.6 Å². The summed E-state index contributed by atoms with van der Waals surface area (Å²) < 4.78 is 5.21. The van der Waals surface area contributed by atoms with Crippen LogP contribution in [0.3, 0.4) is 0 Å². The van der Waals surface area contributed by atoms with Gasteiger partial charge in [0.1, 0.15) is 0 Å². The molecule has 33 heavy (non-hydrogen) atoms. The van der Waals surface area contributed by atoms with E-state index >= 15 is 0 Å². The quantitative estimate of drug-likeness (QED) is 0.169. The van der Waals surface area contributed by atoms with Gasteiger partial charge in [0.15, 0.2) is 0 Å². The van der Waals surface area contributed by atoms with Gasteiger partial charge in [-0.2, -0.15) is 20.5 Å². The normalized spacial score (nSPS) is 11.3. The lowest BCUT2D eigenvalue weighted by Gasteiger charge is -2.03. The molecule has 0 saturated heterocycles. The van der Waals surface area contributed by atoms with Crippen molar-refractivity contribution in [3.8, 4) is 0 Å². The summed E-state index contributed by atoms with van der Waals surface area (Å²) in [5, 5.41) is 17.1. The van der Waals surface area contributed by atoms with Crippen molar-refractivity contribution in [2.45, 2.75) is 46.0 Å². The fourth-order valence-corrected chi connectivity index (χ4v) is 2.98. The van der Waals surface area contributed by atoms with Crippen LogP contribution >= 0.6 is 0 Å². The van der Waals surface area contributed by atoms with Crippen LogP contribution in [0.2, 0.25) is 0 Å². The fraction of sp³-hybridized carbons (Fsp3) is 0.296. The van der Waals surface area contributed by atoms with Gasteiger partial charge in [-0.15, -0.1) is 0 Å². The van der Waals surface area contributed by atoms with Gasteiger partial charge < -0.3 is 4.74 Å². The van der Waals surface area contributed by atoms with Crippen LogP contribution in [0.15, 0.2) is 93.3 Å². The molecule has 0 aliphatic rings. The van der Waals surface area contributed by atoms with E-state index in [2.05, 4.69) is 46.4 Å². The summed E-state index contributed by atoms with van der Waals surface area (Å²) in [5.41, 5.74) is 4.78. The Hall–Kier alpha value is -3.67. The van der Waals surface area contributed by atoms with Gasteiger partial charge in [0, 0.05) is 0 Å². The first kappa shape index (κ1) is 24.0. The zero-order chi connectivity index (χ0) is 23.3. The van der Waals surface area contributed by atoms with E-state index < -0.39 is 0 Å². The van der Waals surface area contributed by atoms with Gasteiger partial charge in [-0.05, 0) is 85.5 Å². The SMILES string of the molecule is CCCCOC(=O)c1ccc(N=Nc2ccc(N=Nc3ccc(CCCC)cc3)cc2)cc1. The van der Waals surface area contributed by atoms with E-state index in [1.165, 1.54) is 18.4 Å². The van der Waals surface area contributed by atoms with Crippen LogP contribution in [0.4, 0.5) is 22.7 Å². The fourth-order valence-electron chi connectivity index (χ4n) is 2.98. The van der Waals surface area contributed by atoms with Crippen molar-refractivity contribution in [1.82, 2.24) is 0 Å². The summed E-state index contributed by atoms with van der Waals surface area (Å²) in [6.45, 7) is 4.69. The largest absolute Gasteiger partial charge is 0.462 e. The molecule has 0 aliphatic carbocycles. The molecule has 0 heterocycles. The van der Waals surface area contributed by atoms with Crippen molar-refractivity contribution in [3.05, 3.63) is 83.9 Å². The second-order valence-corrected chi connectivity index (χ2v) is 7.72. The van der Waals surface area contributed by atoms with Crippen LogP contribution < -0.4 is 0 Å². The molecule has 3 aromatic carbocycles. The molecular weight excluding hydrogens is 412 g/mol. The lowest BCUT2D eigenvalue weighted by molar-refractivity contribution is 0.0500. The number of unbranched alkanes of at least 4 members (excludes halogenated alkanes) is 2. The number of nitrogens with zero attached hydrogens (tertiary/aromatic N) is 4. The molecule has 0 unspecified atom stereocenters. The molecule has 6 heteroatoms. The monoisotopic (exact) mass is 442 g/mol. The zero-order valence-electron chi connectivity index (χ0n) is 19.3. The van der Waals surface area contributed by atoms with E-state index in [1.807, 2.05) is 36.4 Å². The third-order valence-corrected chi connectivity index (χ3v) is 5.00. The van der Waals surface area contributed by atoms with Crippen molar-refractivity contribution < 1.29 is 9.53 Å². The molecule has 170 valence electrons. The van der Waals surface area contributed by atoms with E-state index in [-0.39, 0.29) is 5.97 Å². The van der Waals surface area contributed by atoms with Crippen LogP contribution in [0.5, 0.6) is 0 Å². The summed E-state index contributed by atoms with van der Waals surface area (Å²) in [5.74, 6) is -0.316. The predicted molar refractivity (Wildman–Crippen MR) is 131 cm³/mol. The predicted octanol–water partition coefficient (Wildman–Crippen LogP) is 8.82. The van der Waals surface area contributed by atoms with E-state index in [1.54, 1.807) is 24.3 Å². The van der Waals surface area contributed by atoms with Crippen LogP contribution in [0.1, 0.15) is 55.5 Å². The van der Waals surface area contributed by atoms with E-state index in [9.17, 15) is 4.79 Å². The summed E-state index contributed by atoms with van der Waals surface area (Å²) in [4.78, 5) is 11.9. The minimum Gasteiger partial charge on any atom is -0.462 e. The van der Waals surface area contributed by atoms with Gasteiger partial charge in [0.05, 0.1) is 34.9 Å². The maximum atomic E-state index is 11.9. The average Bonchev–Trinajstić information content (AvgIpc) is 2.86. The summed E-state index contributed by atoms with van der Waals surface area (Å²) >= 11 is 0. The second-order valence-electron chi connectivity index (χ2n) is 7.72. The Morgan fingerprint density at radius 3 is 1.52 bits per heavy atom. The number of aryl methyl sites for hydroxylation is 1. The molecule has 0 atom stereocenters. The van der Waals surface area contributed by atoms with E-state index in [0.29, 0.717) is 23.5 Å². The van der Waals surface area contributed by atoms with Gasteiger partial charge in [-0.25, -0.2) is 4.79 Å². The Labute approximate surface area is 195 Å². The molecule has 6 nitrogen and oxygen atoms in total.